The van der Waals surface area contributed by atoms with Crippen molar-refractivity contribution in [2.75, 3.05) is 5.32 Å². The predicted molar refractivity (Wildman–Crippen MR) is 50.7 cm³/mol. The number of nitrogens with zero attached hydrogens (tertiary/aromatic N) is 2. The maximum absolute atomic E-state index is 12.2. The zero-order valence-electron chi connectivity index (χ0n) is 8.01. The summed E-state index contributed by atoms with van der Waals surface area (Å²) in [5, 5.41) is 3.22. The summed E-state index contributed by atoms with van der Waals surface area (Å²) in [6.45, 7) is 2.06. The van der Waals surface area contributed by atoms with Crippen LogP contribution in [0.25, 0.3) is 0 Å². The summed E-state index contributed by atoms with van der Waals surface area (Å²) in [5.74, 6) is -0.480. The largest absolute Gasteiger partial charge is 0.452 e. The van der Waals surface area contributed by atoms with Crippen molar-refractivity contribution in [3.05, 3.63) is 5.82 Å². The molecule has 0 saturated heterocycles. The minimum Gasteiger partial charge on any atom is -0.357 e. The van der Waals surface area contributed by atoms with Crippen LogP contribution >= 0.6 is 11.5 Å². The molecule has 1 N–H and O–H groups in total. The highest BCUT2D eigenvalue weighted by Crippen LogP contribution is 2.37. The SMILES string of the molecule is CCC1CC1Nc1nc(C(F)(F)F)ns1. The number of halogens is 3. The second-order valence-electron chi connectivity index (χ2n) is 3.58. The third kappa shape index (κ3) is 2.39. The zero-order valence-corrected chi connectivity index (χ0v) is 8.82. The normalized spacial score (nSPS) is 25.3. The maximum atomic E-state index is 12.2. The Balaban J connectivity index is 1.96. The highest BCUT2D eigenvalue weighted by Gasteiger charge is 2.38. The molecular formula is C8H10F3N3S. The lowest BCUT2D eigenvalue weighted by atomic mass is 10.3. The van der Waals surface area contributed by atoms with Crippen LogP contribution in [0.1, 0.15) is 25.6 Å². The second kappa shape index (κ2) is 3.62. The van der Waals surface area contributed by atoms with Gasteiger partial charge in [0.15, 0.2) is 0 Å². The smallest absolute Gasteiger partial charge is 0.357 e. The van der Waals surface area contributed by atoms with Crippen LogP contribution in [0.5, 0.6) is 0 Å². The lowest BCUT2D eigenvalue weighted by Gasteiger charge is -1.99. The van der Waals surface area contributed by atoms with E-state index in [-0.39, 0.29) is 11.2 Å². The van der Waals surface area contributed by atoms with Crippen molar-refractivity contribution in [1.82, 2.24) is 9.36 Å². The Morgan fingerprint density at radius 2 is 2.27 bits per heavy atom. The summed E-state index contributed by atoms with van der Waals surface area (Å²) in [6, 6.07) is 0.282. The molecule has 15 heavy (non-hydrogen) atoms. The summed E-state index contributed by atoms with van der Waals surface area (Å²) in [6.07, 6.45) is -2.38. The van der Waals surface area contributed by atoms with Crippen molar-refractivity contribution in [3.63, 3.8) is 0 Å². The molecule has 0 aliphatic heterocycles. The molecule has 1 aromatic heterocycles. The molecule has 7 heteroatoms. The van der Waals surface area contributed by atoms with E-state index in [1.54, 1.807) is 0 Å². The highest BCUT2D eigenvalue weighted by molar-refractivity contribution is 7.09. The molecule has 3 nitrogen and oxygen atoms in total. The average molecular weight is 237 g/mol. The first-order valence-electron chi connectivity index (χ1n) is 4.68. The Hall–Kier alpha value is -0.850. The third-order valence-corrected chi connectivity index (χ3v) is 3.08. The van der Waals surface area contributed by atoms with Crippen LogP contribution in [0, 0.1) is 5.92 Å². The van der Waals surface area contributed by atoms with Crippen molar-refractivity contribution in [2.24, 2.45) is 5.92 Å². The fraction of sp³-hybridized carbons (Fsp3) is 0.750. The van der Waals surface area contributed by atoms with Gasteiger partial charge in [-0.3, -0.25) is 0 Å². The third-order valence-electron chi connectivity index (χ3n) is 2.44. The van der Waals surface area contributed by atoms with Crippen LogP contribution in [0.15, 0.2) is 0 Å². The van der Waals surface area contributed by atoms with Gasteiger partial charge in [0, 0.05) is 17.6 Å². The molecule has 1 saturated carbocycles. The van der Waals surface area contributed by atoms with Crippen molar-refractivity contribution in [2.45, 2.75) is 32.0 Å². The molecule has 2 unspecified atom stereocenters. The van der Waals surface area contributed by atoms with Gasteiger partial charge >= 0.3 is 6.18 Å². The molecule has 2 atom stereocenters. The molecule has 0 aromatic carbocycles. The number of hydrogen-bond acceptors (Lipinski definition) is 4. The molecular weight excluding hydrogens is 227 g/mol. The maximum Gasteiger partial charge on any atom is 0.452 e. The molecule has 0 amide bonds. The Kier molecular flexibility index (Phi) is 2.57. The van der Waals surface area contributed by atoms with E-state index in [0.717, 1.165) is 24.4 Å². The first-order valence-corrected chi connectivity index (χ1v) is 5.45. The minimum absolute atomic E-state index is 0.267. The van der Waals surface area contributed by atoms with Crippen LogP contribution < -0.4 is 5.32 Å². The van der Waals surface area contributed by atoms with E-state index in [2.05, 4.69) is 21.6 Å². The molecule has 1 heterocycles. The van der Waals surface area contributed by atoms with Crippen molar-refractivity contribution >= 4 is 16.7 Å². The molecule has 0 spiro atoms. The summed E-state index contributed by atoms with van der Waals surface area (Å²) < 4.78 is 39.7. The van der Waals surface area contributed by atoms with E-state index in [4.69, 9.17) is 0 Å². The Morgan fingerprint density at radius 1 is 1.53 bits per heavy atom. The van der Waals surface area contributed by atoms with Crippen LogP contribution in [0.2, 0.25) is 0 Å². The van der Waals surface area contributed by atoms with Crippen LogP contribution in [0.4, 0.5) is 18.3 Å². The fourth-order valence-electron chi connectivity index (χ4n) is 1.43. The first-order chi connectivity index (χ1) is 7.00. The second-order valence-corrected chi connectivity index (χ2v) is 4.33. The van der Waals surface area contributed by atoms with Gasteiger partial charge in [-0.05, 0) is 12.3 Å². The Labute approximate surface area is 88.9 Å². The monoisotopic (exact) mass is 237 g/mol. The van der Waals surface area contributed by atoms with Crippen molar-refractivity contribution in [3.8, 4) is 0 Å². The standard InChI is InChI=1S/C8H10F3N3S/c1-2-4-3-5(4)12-7-13-6(14-15-7)8(9,10)11/h4-5H,2-3H2,1H3,(H,12,13,14). The van der Waals surface area contributed by atoms with Gasteiger partial charge in [0.25, 0.3) is 0 Å². The van der Waals surface area contributed by atoms with E-state index < -0.39 is 12.0 Å². The van der Waals surface area contributed by atoms with Gasteiger partial charge in [0.2, 0.25) is 11.0 Å². The summed E-state index contributed by atoms with van der Waals surface area (Å²) >= 11 is 0.765. The molecule has 0 radical (unpaired) electrons. The lowest BCUT2D eigenvalue weighted by Crippen LogP contribution is -2.08. The Bertz CT molecular complexity index is 349. The van der Waals surface area contributed by atoms with Crippen molar-refractivity contribution < 1.29 is 13.2 Å². The van der Waals surface area contributed by atoms with Crippen molar-refractivity contribution in [1.29, 1.82) is 0 Å². The Morgan fingerprint density at radius 3 is 2.73 bits per heavy atom. The summed E-state index contributed by atoms with van der Waals surface area (Å²) in [7, 11) is 0. The van der Waals surface area contributed by atoms with E-state index >= 15 is 0 Å². The van der Waals surface area contributed by atoms with Gasteiger partial charge in [-0.2, -0.15) is 22.5 Å². The molecule has 1 aliphatic rings. The summed E-state index contributed by atoms with van der Waals surface area (Å²) in [4.78, 5) is 3.40. The van der Waals surface area contributed by atoms with Gasteiger partial charge in [0.1, 0.15) is 0 Å². The predicted octanol–water partition coefficient (Wildman–Crippen LogP) is 2.77. The van der Waals surface area contributed by atoms with Crippen LogP contribution in [0.3, 0.4) is 0 Å². The van der Waals surface area contributed by atoms with E-state index in [1.807, 2.05) is 0 Å². The quantitative estimate of drug-likeness (QED) is 0.878. The van der Waals surface area contributed by atoms with Gasteiger partial charge in [-0.25, -0.2) is 0 Å². The van der Waals surface area contributed by atoms with Gasteiger partial charge in [0.05, 0.1) is 0 Å². The lowest BCUT2D eigenvalue weighted by molar-refractivity contribution is -0.144. The van der Waals surface area contributed by atoms with E-state index in [9.17, 15) is 13.2 Å². The van der Waals surface area contributed by atoms with Gasteiger partial charge in [-0.1, -0.05) is 13.3 Å². The molecule has 2 rings (SSSR count). The topological polar surface area (TPSA) is 37.8 Å². The number of aromatic nitrogens is 2. The minimum atomic E-state index is -4.44. The molecule has 0 bridgehead atoms. The number of alkyl halides is 3. The zero-order chi connectivity index (χ0) is 11.1. The molecule has 1 fully saturated rings. The number of nitrogens with one attached hydrogen (secondary N) is 1. The van der Waals surface area contributed by atoms with Crippen LogP contribution in [-0.4, -0.2) is 15.4 Å². The van der Waals surface area contributed by atoms with Gasteiger partial charge in [-0.15, -0.1) is 0 Å². The molecule has 1 aromatic rings. The average Bonchev–Trinajstić information content (AvgIpc) is 2.69. The number of hydrogen-bond donors (Lipinski definition) is 1. The molecule has 84 valence electrons. The van der Waals surface area contributed by atoms with E-state index in [1.165, 1.54) is 0 Å². The number of rotatable bonds is 3. The van der Waals surface area contributed by atoms with Gasteiger partial charge < -0.3 is 5.32 Å². The van der Waals surface area contributed by atoms with E-state index in [0.29, 0.717) is 5.92 Å². The highest BCUT2D eigenvalue weighted by atomic mass is 32.1. The number of anilines is 1. The molecule has 1 aliphatic carbocycles. The fourth-order valence-corrected chi connectivity index (χ4v) is 2.08. The first kappa shape index (κ1) is 10.7. The van der Waals surface area contributed by atoms with Crippen LogP contribution in [-0.2, 0) is 6.18 Å². The summed E-state index contributed by atoms with van der Waals surface area (Å²) in [5.41, 5.74) is 0.